The smallest absolute Gasteiger partial charge is 0.281 e. The molecule has 116 valence electrons. The summed E-state index contributed by atoms with van der Waals surface area (Å²) in [5.74, 6) is 0. The molecule has 0 saturated carbocycles. The predicted molar refractivity (Wildman–Crippen MR) is 74.5 cm³/mol. The van der Waals surface area contributed by atoms with Crippen molar-refractivity contribution in [2.75, 3.05) is 32.8 Å². The van der Waals surface area contributed by atoms with Crippen molar-refractivity contribution in [3.8, 4) is 0 Å². The summed E-state index contributed by atoms with van der Waals surface area (Å²) in [6.07, 6.45) is 4.31. The van der Waals surface area contributed by atoms with Gasteiger partial charge in [-0.05, 0) is 38.5 Å². The quantitative estimate of drug-likeness (QED) is 0.798. The first-order valence-electron chi connectivity index (χ1n) is 7.62. The monoisotopic (exact) mass is 304 g/mol. The van der Waals surface area contributed by atoms with E-state index in [9.17, 15) is 13.5 Å². The van der Waals surface area contributed by atoms with Crippen LogP contribution in [0.1, 0.15) is 38.5 Å². The molecule has 6 nitrogen and oxygen atoms in total. The Hall–Kier alpha value is -0.210. The first-order chi connectivity index (χ1) is 9.55. The number of piperidine rings is 1. The molecule has 0 bridgehead atoms. The van der Waals surface area contributed by atoms with Gasteiger partial charge in [-0.15, -0.1) is 0 Å². The minimum Gasteiger partial charge on any atom is -0.390 e. The Kier molecular flexibility index (Phi) is 4.07. The largest absolute Gasteiger partial charge is 0.390 e. The van der Waals surface area contributed by atoms with Crippen LogP contribution in [0.3, 0.4) is 0 Å². The summed E-state index contributed by atoms with van der Waals surface area (Å²) in [6.45, 7) is 2.87. The standard InChI is InChI=1S/C13H24N2O4S/c16-12-4-3-11-19-13(12)5-9-15(10-6-13)20(17,18)14-7-1-2-8-14/h12,16H,1-11H2/t12-/m0/s1. The molecular weight excluding hydrogens is 280 g/mol. The van der Waals surface area contributed by atoms with Gasteiger partial charge < -0.3 is 9.84 Å². The maximum atomic E-state index is 12.5. The summed E-state index contributed by atoms with van der Waals surface area (Å²) in [6, 6.07) is 0. The summed E-state index contributed by atoms with van der Waals surface area (Å²) >= 11 is 0. The third-order valence-electron chi connectivity index (χ3n) is 4.91. The third-order valence-corrected chi connectivity index (χ3v) is 6.94. The van der Waals surface area contributed by atoms with Crippen molar-refractivity contribution in [2.45, 2.75) is 50.2 Å². The van der Waals surface area contributed by atoms with E-state index < -0.39 is 21.9 Å². The van der Waals surface area contributed by atoms with Gasteiger partial charge in [-0.3, -0.25) is 0 Å². The Morgan fingerprint density at radius 1 is 1.00 bits per heavy atom. The number of hydrogen-bond donors (Lipinski definition) is 1. The van der Waals surface area contributed by atoms with Crippen molar-refractivity contribution >= 4 is 10.2 Å². The average Bonchev–Trinajstić information content (AvgIpc) is 2.98. The molecular formula is C13H24N2O4S. The zero-order chi connectivity index (χ0) is 14.2. The zero-order valence-electron chi connectivity index (χ0n) is 11.8. The molecule has 3 saturated heterocycles. The van der Waals surface area contributed by atoms with Crippen LogP contribution in [0.25, 0.3) is 0 Å². The molecule has 3 aliphatic heterocycles. The SMILES string of the molecule is O=S(=O)(N1CCCC1)N1CCC2(CC1)OCCC[C@@H]2O. The fourth-order valence-electron chi connectivity index (χ4n) is 3.57. The Balaban J connectivity index is 1.66. The van der Waals surface area contributed by atoms with Gasteiger partial charge in [0.2, 0.25) is 0 Å². The van der Waals surface area contributed by atoms with Crippen LogP contribution in [0, 0.1) is 0 Å². The third kappa shape index (κ3) is 2.50. The predicted octanol–water partition coefficient (Wildman–Crippen LogP) is 0.333. The molecule has 0 amide bonds. The normalized spacial score (nSPS) is 32.8. The van der Waals surface area contributed by atoms with E-state index in [1.54, 1.807) is 8.61 Å². The van der Waals surface area contributed by atoms with Crippen LogP contribution in [0.4, 0.5) is 0 Å². The van der Waals surface area contributed by atoms with E-state index >= 15 is 0 Å². The fraction of sp³-hybridized carbons (Fsp3) is 1.00. The van der Waals surface area contributed by atoms with Crippen LogP contribution in [-0.2, 0) is 14.9 Å². The van der Waals surface area contributed by atoms with Gasteiger partial charge in [-0.25, -0.2) is 0 Å². The summed E-state index contributed by atoms with van der Waals surface area (Å²) in [5.41, 5.74) is -0.505. The van der Waals surface area contributed by atoms with Gasteiger partial charge in [0.25, 0.3) is 10.2 Å². The zero-order valence-corrected chi connectivity index (χ0v) is 12.6. The number of hydrogen-bond acceptors (Lipinski definition) is 4. The Morgan fingerprint density at radius 2 is 1.60 bits per heavy atom. The molecule has 3 heterocycles. The summed E-state index contributed by atoms with van der Waals surface area (Å²) in [4.78, 5) is 0. The fourth-order valence-corrected chi connectivity index (χ4v) is 5.26. The number of nitrogens with zero attached hydrogens (tertiary/aromatic N) is 2. The lowest BCUT2D eigenvalue weighted by Gasteiger charge is -2.46. The lowest BCUT2D eigenvalue weighted by Crippen LogP contribution is -2.57. The van der Waals surface area contributed by atoms with E-state index in [1.807, 2.05) is 0 Å². The van der Waals surface area contributed by atoms with Gasteiger partial charge in [0.15, 0.2) is 0 Å². The van der Waals surface area contributed by atoms with Gasteiger partial charge in [-0.2, -0.15) is 17.0 Å². The van der Waals surface area contributed by atoms with Gasteiger partial charge in [0, 0.05) is 32.8 Å². The van der Waals surface area contributed by atoms with Crippen LogP contribution < -0.4 is 0 Å². The number of rotatable bonds is 2. The second-order valence-electron chi connectivity index (χ2n) is 6.08. The second kappa shape index (κ2) is 5.53. The van der Waals surface area contributed by atoms with E-state index in [0.717, 1.165) is 25.7 Å². The molecule has 20 heavy (non-hydrogen) atoms. The van der Waals surface area contributed by atoms with E-state index in [1.165, 1.54) is 0 Å². The highest BCUT2D eigenvalue weighted by atomic mass is 32.2. The minimum atomic E-state index is -3.31. The molecule has 0 aromatic heterocycles. The summed E-state index contributed by atoms with van der Waals surface area (Å²) < 4.78 is 33.9. The summed E-state index contributed by atoms with van der Waals surface area (Å²) in [5, 5.41) is 10.2. The Labute approximate surface area is 120 Å². The molecule has 0 aromatic carbocycles. The molecule has 1 spiro atoms. The van der Waals surface area contributed by atoms with Crippen molar-refractivity contribution < 1.29 is 18.3 Å². The van der Waals surface area contributed by atoms with Gasteiger partial charge in [0.1, 0.15) is 0 Å². The average molecular weight is 304 g/mol. The highest BCUT2D eigenvalue weighted by Crippen LogP contribution is 2.36. The van der Waals surface area contributed by atoms with E-state index in [-0.39, 0.29) is 0 Å². The van der Waals surface area contributed by atoms with Crippen molar-refractivity contribution in [3.63, 3.8) is 0 Å². The van der Waals surface area contributed by atoms with Crippen LogP contribution >= 0.6 is 0 Å². The highest BCUT2D eigenvalue weighted by Gasteiger charge is 2.46. The topological polar surface area (TPSA) is 70.1 Å². The maximum absolute atomic E-state index is 12.5. The molecule has 3 aliphatic rings. The molecule has 0 radical (unpaired) electrons. The van der Waals surface area contributed by atoms with E-state index in [4.69, 9.17) is 4.74 Å². The van der Waals surface area contributed by atoms with Crippen molar-refractivity contribution in [3.05, 3.63) is 0 Å². The molecule has 3 rings (SSSR count). The van der Waals surface area contributed by atoms with E-state index in [0.29, 0.717) is 45.6 Å². The maximum Gasteiger partial charge on any atom is 0.281 e. The van der Waals surface area contributed by atoms with Gasteiger partial charge >= 0.3 is 0 Å². The Morgan fingerprint density at radius 3 is 2.20 bits per heavy atom. The van der Waals surface area contributed by atoms with Gasteiger partial charge in [0.05, 0.1) is 11.7 Å². The van der Waals surface area contributed by atoms with Crippen LogP contribution in [-0.4, -0.2) is 66.6 Å². The van der Waals surface area contributed by atoms with Crippen LogP contribution in [0.15, 0.2) is 0 Å². The van der Waals surface area contributed by atoms with Gasteiger partial charge in [-0.1, -0.05) is 0 Å². The van der Waals surface area contributed by atoms with Crippen LogP contribution in [0.5, 0.6) is 0 Å². The molecule has 7 heteroatoms. The molecule has 0 aliphatic carbocycles. The molecule has 0 aromatic rings. The second-order valence-corrected chi connectivity index (χ2v) is 8.01. The first-order valence-corrected chi connectivity index (χ1v) is 9.02. The lowest BCUT2D eigenvalue weighted by atomic mass is 9.82. The lowest BCUT2D eigenvalue weighted by molar-refractivity contribution is -0.172. The molecule has 3 fully saturated rings. The van der Waals surface area contributed by atoms with Crippen molar-refractivity contribution in [1.82, 2.24) is 8.61 Å². The van der Waals surface area contributed by atoms with Crippen molar-refractivity contribution in [2.24, 2.45) is 0 Å². The number of aliphatic hydroxyl groups excluding tert-OH is 1. The number of aliphatic hydroxyl groups is 1. The first kappa shape index (κ1) is 14.7. The highest BCUT2D eigenvalue weighted by molar-refractivity contribution is 7.86. The van der Waals surface area contributed by atoms with Crippen LogP contribution in [0.2, 0.25) is 0 Å². The molecule has 1 atom stereocenters. The Bertz CT molecular complexity index is 439. The van der Waals surface area contributed by atoms with Crippen molar-refractivity contribution in [1.29, 1.82) is 0 Å². The number of ether oxygens (including phenoxy) is 1. The van der Waals surface area contributed by atoms with E-state index in [2.05, 4.69) is 0 Å². The minimum absolute atomic E-state index is 0.451. The summed E-state index contributed by atoms with van der Waals surface area (Å²) in [7, 11) is -3.31. The molecule has 1 N–H and O–H groups in total. The molecule has 0 unspecified atom stereocenters.